The summed E-state index contributed by atoms with van der Waals surface area (Å²) in [6.07, 6.45) is 1.93. The van der Waals surface area contributed by atoms with Crippen LogP contribution in [0.4, 0.5) is 4.39 Å². The van der Waals surface area contributed by atoms with Crippen molar-refractivity contribution >= 4 is 23.4 Å². The molecule has 1 aromatic carbocycles. The zero-order valence-electron chi connectivity index (χ0n) is 7.03. The third kappa shape index (κ3) is 1.93. The summed E-state index contributed by atoms with van der Waals surface area (Å²) in [4.78, 5) is 0.964. The van der Waals surface area contributed by atoms with Gasteiger partial charge in [0.15, 0.2) is 0 Å². The summed E-state index contributed by atoms with van der Waals surface area (Å²) in [5.41, 5.74) is 1.96. The average Bonchev–Trinajstić information content (AvgIpc) is 2.08. The number of alkyl halides is 1. The average molecular weight is 205 g/mol. The van der Waals surface area contributed by atoms with E-state index >= 15 is 0 Å². The predicted octanol–water partition coefficient (Wildman–Crippen LogP) is 3.59. The van der Waals surface area contributed by atoms with Crippen LogP contribution in [-0.4, -0.2) is 6.26 Å². The lowest BCUT2D eigenvalue weighted by Crippen LogP contribution is -1.90. The number of benzene rings is 1. The Morgan fingerprint density at radius 2 is 2.17 bits per heavy atom. The summed E-state index contributed by atoms with van der Waals surface area (Å²) < 4.78 is 12.9. The Hall–Kier alpha value is -0.210. The largest absolute Gasteiger partial charge is 0.207 e. The summed E-state index contributed by atoms with van der Waals surface area (Å²) in [6, 6.07) is 3.03. The van der Waals surface area contributed by atoms with E-state index in [-0.39, 0.29) is 5.82 Å². The maximum atomic E-state index is 12.9. The number of halogens is 2. The van der Waals surface area contributed by atoms with Crippen molar-refractivity contribution in [3.8, 4) is 0 Å². The second-order valence-corrected chi connectivity index (χ2v) is 3.64. The van der Waals surface area contributed by atoms with Gasteiger partial charge in [-0.15, -0.1) is 23.4 Å². The van der Waals surface area contributed by atoms with Gasteiger partial charge < -0.3 is 0 Å². The van der Waals surface area contributed by atoms with Gasteiger partial charge in [-0.1, -0.05) is 0 Å². The van der Waals surface area contributed by atoms with Crippen LogP contribution in [0.5, 0.6) is 0 Å². The minimum absolute atomic E-state index is 0.208. The van der Waals surface area contributed by atoms with Crippen LogP contribution in [0.3, 0.4) is 0 Å². The van der Waals surface area contributed by atoms with Gasteiger partial charge >= 0.3 is 0 Å². The lowest BCUT2D eigenvalue weighted by Gasteiger charge is -2.06. The molecule has 0 nitrogen and oxygen atoms in total. The van der Waals surface area contributed by atoms with Crippen molar-refractivity contribution in [1.29, 1.82) is 0 Å². The van der Waals surface area contributed by atoms with Crippen molar-refractivity contribution in [3.05, 3.63) is 29.1 Å². The van der Waals surface area contributed by atoms with Gasteiger partial charge in [-0.2, -0.15) is 0 Å². The van der Waals surface area contributed by atoms with Crippen LogP contribution in [0.25, 0.3) is 0 Å². The quantitative estimate of drug-likeness (QED) is 0.524. The van der Waals surface area contributed by atoms with Crippen molar-refractivity contribution in [1.82, 2.24) is 0 Å². The van der Waals surface area contributed by atoms with E-state index in [0.717, 1.165) is 16.0 Å². The Balaban J connectivity index is 3.22. The van der Waals surface area contributed by atoms with Crippen LogP contribution in [0, 0.1) is 12.7 Å². The molecule has 0 aliphatic rings. The van der Waals surface area contributed by atoms with Crippen LogP contribution in [0.1, 0.15) is 11.1 Å². The number of rotatable bonds is 2. The molecule has 0 heterocycles. The summed E-state index contributed by atoms with van der Waals surface area (Å²) >= 11 is 7.20. The highest BCUT2D eigenvalue weighted by molar-refractivity contribution is 7.98. The third-order valence-electron chi connectivity index (χ3n) is 1.80. The van der Waals surface area contributed by atoms with Gasteiger partial charge in [0.1, 0.15) is 5.82 Å². The molecule has 0 aliphatic carbocycles. The monoisotopic (exact) mass is 204 g/mol. The molecule has 3 heteroatoms. The maximum absolute atomic E-state index is 12.9. The lowest BCUT2D eigenvalue weighted by molar-refractivity contribution is 0.621. The third-order valence-corrected chi connectivity index (χ3v) is 2.95. The first-order valence-corrected chi connectivity index (χ1v) is 5.34. The highest BCUT2D eigenvalue weighted by atomic mass is 35.5. The topological polar surface area (TPSA) is 0 Å². The minimum atomic E-state index is -0.208. The first kappa shape index (κ1) is 9.87. The Labute approximate surface area is 81.1 Å². The summed E-state index contributed by atoms with van der Waals surface area (Å²) in [5.74, 6) is 0.164. The molecule has 12 heavy (non-hydrogen) atoms. The summed E-state index contributed by atoms with van der Waals surface area (Å²) in [6.45, 7) is 1.96. The van der Waals surface area contributed by atoms with Crippen molar-refractivity contribution in [2.75, 3.05) is 6.26 Å². The number of hydrogen-bond acceptors (Lipinski definition) is 1. The molecular formula is C9H10ClFS. The van der Waals surface area contributed by atoms with Gasteiger partial charge in [0.2, 0.25) is 0 Å². The van der Waals surface area contributed by atoms with E-state index < -0.39 is 0 Å². The van der Waals surface area contributed by atoms with E-state index in [0.29, 0.717) is 5.88 Å². The number of hydrogen-bond donors (Lipinski definition) is 0. The summed E-state index contributed by atoms with van der Waals surface area (Å²) in [5, 5.41) is 0. The molecule has 0 aliphatic heterocycles. The van der Waals surface area contributed by atoms with Crippen LogP contribution in [0.15, 0.2) is 17.0 Å². The molecule has 0 atom stereocenters. The molecule has 0 unspecified atom stereocenters. The zero-order valence-corrected chi connectivity index (χ0v) is 8.60. The standard InChI is InChI=1S/C9H10ClFS/c1-6-7(5-10)3-8(11)4-9(6)12-2/h3-4H,5H2,1-2H3. The Morgan fingerprint density at radius 3 is 2.67 bits per heavy atom. The second-order valence-electron chi connectivity index (χ2n) is 2.53. The number of thioether (sulfide) groups is 1. The predicted molar refractivity (Wildman–Crippen MR) is 52.5 cm³/mol. The van der Waals surface area contributed by atoms with Gasteiger partial charge in [-0.25, -0.2) is 4.39 Å². The molecular weight excluding hydrogens is 195 g/mol. The Bertz CT molecular complexity index is 261. The maximum Gasteiger partial charge on any atom is 0.124 e. The van der Waals surface area contributed by atoms with Crippen molar-refractivity contribution in [2.45, 2.75) is 17.7 Å². The van der Waals surface area contributed by atoms with Gasteiger partial charge in [-0.05, 0) is 36.4 Å². The van der Waals surface area contributed by atoms with E-state index in [1.807, 2.05) is 13.2 Å². The van der Waals surface area contributed by atoms with Crippen molar-refractivity contribution in [3.63, 3.8) is 0 Å². The molecule has 0 bridgehead atoms. The van der Waals surface area contributed by atoms with Crippen LogP contribution in [0.2, 0.25) is 0 Å². The Morgan fingerprint density at radius 1 is 1.50 bits per heavy atom. The molecule has 0 N–H and O–H groups in total. The smallest absolute Gasteiger partial charge is 0.124 e. The van der Waals surface area contributed by atoms with E-state index in [2.05, 4.69) is 0 Å². The van der Waals surface area contributed by atoms with Gasteiger partial charge in [0, 0.05) is 10.8 Å². The van der Waals surface area contributed by atoms with Gasteiger partial charge in [-0.3, -0.25) is 0 Å². The van der Waals surface area contributed by atoms with Crippen molar-refractivity contribution < 1.29 is 4.39 Å². The first-order valence-electron chi connectivity index (χ1n) is 3.58. The van der Waals surface area contributed by atoms with Crippen molar-refractivity contribution in [2.24, 2.45) is 0 Å². The van der Waals surface area contributed by atoms with Crippen LogP contribution in [-0.2, 0) is 5.88 Å². The van der Waals surface area contributed by atoms with Gasteiger partial charge in [0.05, 0.1) is 0 Å². The lowest BCUT2D eigenvalue weighted by atomic mass is 10.1. The van der Waals surface area contributed by atoms with E-state index in [4.69, 9.17) is 11.6 Å². The molecule has 0 saturated carbocycles. The molecule has 0 fully saturated rings. The van der Waals surface area contributed by atoms with Gasteiger partial charge in [0.25, 0.3) is 0 Å². The van der Waals surface area contributed by atoms with Crippen LogP contribution >= 0.6 is 23.4 Å². The molecule has 0 spiro atoms. The molecule has 0 saturated heterocycles. The molecule has 0 radical (unpaired) electrons. The molecule has 66 valence electrons. The molecule has 1 aromatic rings. The first-order chi connectivity index (χ1) is 5.69. The SMILES string of the molecule is CSc1cc(F)cc(CCl)c1C. The van der Waals surface area contributed by atoms with E-state index in [9.17, 15) is 4.39 Å². The molecule has 1 rings (SSSR count). The fourth-order valence-corrected chi connectivity index (χ4v) is 2.00. The van der Waals surface area contributed by atoms with E-state index in [1.165, 1.54) is 12.1 Å². The normalized spacial score (nSPS) is 10.3. The highest BCUT2D eigenvalue weighted by Crippen LogP contribution is 2.25. The molecule has 0 amide bonds. The van der Waals surface area contributed by atoms with E-state index in [1.54, 1.807) is 11.8 Å². The molecule has 0 aromatic heterocycles. The minimum Gasteiger partial charge on any atom is -0.207 e. The summed E-state index contributed by atoms with van der Waals surface area (Å²) in [7, 11) is 0. The fourth-order valence-electron chi connectivity index (χ4n) is 1.06. The second kappa shape index (κ2) is 4.15. The zero-order chi connectivity index (χ0) is 9.14. The fraction of sp³-hybridized carbons (Fsp3) is 0.333. The Kier molecular flexibility index (Phi) is 3.41. The van der Waals surface area contributed by atoms with Crippen LogP contribution < -0.4 is 0 Å². The highest BCUT2D eigenvalue weighted by Gasteiger charge is 2.05.